The molecule has 3 rings (SSSR count). The van der Waals surface area contributed by atoms with Crippen LogP contribution in [0, 0.1) is 23.5 Å². The molecule has 0 fully saturated rings. The summed E-state index contributed by atoms with van der Waals surface area (Å²) in [6, 6.07) is 18.9. The third-order valence-corrected chi connectivity index (χ3v) is 4.51. The van der Waals surface area contributed by atoms with E-state index in [1.165, 1.54) is 0 Å². The SMILES string of the molecule is CCC#Cc1ccc(-c2ccc(-c3ccc(CCC)c(F)c3F)cc2)cc1. The number of hydrogen-bond donors (Lipinski definition) is 0. The Morgan fingerprint density at radius 1 is 0.704 bits per heavy atom. The third kappa shape index (κ3) is 4.26. The van der Waals surface area contributed by atoms with Crippen molar-refractivity contribution in [3.05, 3.63) is 83.4 Å². The normalized spacial score (nSPS) is 10.4. The minimum atomic E-state index is -0.771. The first-order valence-corrected chi connectivity index (χ1v) is 9.30. The molecule has 2 heteroatoms. The van der Waals surface area contributed by atoms with E-state index in [2.05, 4.69) is 11.8 Å². The molecular formula is C25H22F2. The van der Waals surface area contributed by atoms with Gasteiger partial charge >= 0.3 is 0 Å². The molecule has 0 radical (unpaired) electrons. The van der Waals surface area contributed by atoms with Crippen molar-refractivity contribution in [1.82, 2.24) is 0 Å². The Morgan fingerprint density at radius 2 is 1.30 bits per heavy atom. The van der Waals surface area contributed by atoms with Crippen LogP contribution in [0.15, 0.2) is 60.7 Å². The highest BCUT2D eigenvalue weighted by Gasteiger charge is 2.14. The Balaban J connectivity index is 1.86. The highest BCUT2D eigenvalue weighted by molar-refractivity contribution is 5.71. The van der Waals surface area contributed by atoms with Crippen LogP contribution in [0.1, 0.15) is 37.8 Å². The van der Waals surface area contributed by atoms with Gasteiger partial charge in [0.05, 0.1) is 0 Å². The van der Waals surface area contributed by atoms with Gasteiger partial charge in [-0.15, -0.1) is 0 Å². The lowest BCUT2D eigenvalue weighted by Crippen LogP contribution is -1.97. The lowest BCUT2D eigenvalue weighted by molar-refractivity contribution is 0.500. The van der Waals surface area contributed by atoms with Crippen LogP contribution in [0.2, 0.25) is 0 Å². The molecule has 0 nitrogen and oxygen atoms in total. The molecule has 0 aromatic heterocycles. The van der Waals surface area contributed by atoms with Gasteiger partial charge in [-0.2, -0.15) is 0 Å². The second-order valence-corrected chi connectivity index (χ2v) is 6.46. The van der Waals surface area contributed by atoms with Crippen LogP contribution in [0.4, 0.5) is 8.78 Å². The van der Waals surface area contributed by atoms with Gasteiger partial charge in [-0.25, -0.2) is 8.78 Å². The van der Waals surface area contributed by atoms with Crippen LogP contribution in [0.25, 0.3) is 22.3 Å². The molecule has 0 aliphatic heterocycles. The van der Waals surface area contributed by atoms with E-state index < -0.39 is 11.6 Å². The van der Waals surface area contributed by atoms with E-state index >= 15 is 0 Å². The van der Waals surface area contributed by atoms with Crippen LogP contribution in [-0.2, 0) is 6.42 Å². The third-order valence-electron chi connectivity index (χ3n) is 4.51. The van der Waals surface area contributed by atoms with Gasteiger partial charge in [-0.1, -0.05) is 80.6 Å². The van der Waals surface area contributed by atoms with Gasteiger partial charge in [0, 0.05) is 17.5 Å². The monoisotopic (exact) mass is 360 g/mol. The molecule has 0 bridgehead atoms. The fraction of sp³-hybridized carbons (Fsp3) is 0.200. The Hall–Kier alpha value is -2.92. The summed E-state index contributed by atoms with van der Waals surface area (Å²) in [7, 11) is 0. The predicted octanol–water partition coefficient (Wildman–Crippen LogP) is 7.01. The fourth-order valence-corrected chi connectivity index (χ4v) is 3.05. The molecule has 136 valence electrons. The molecule has 0 aliphatic rings. The zero-order valence-corrected chi connectivity index (χ0v) is 15.7. The molecule has 0 saturated heterocycles. The highest BCUT2D eigenvalue weighted by Crippen LogP contribution is 2.29. The van der Waals surface area contributed by atoms with Crippen molar-refractivity contribution in [1.29, 1.82) is 0 Å². The summed E-state index contributed by atoms with van der Waals surface area (Å²) < 4.78 is 28.7. The molecule has 0 aliphatic carbocycles. The van der Waals surface area contributed by atoms with Gasteiger partial charge in [0.1, 0.15) is 0 Å². The van der Waals surface area contributed by atoms with Gasteiger partial charge in [-0.05, 0) is 40.8 Å². The molecule has 0 saturated carbocycles. The maximum Gasteiger partial charge on any atom is 0.166 e. The summed E-state index contributed by atoms with van der Waals surface area (Å²) >= 11 is 0. The summed E-state index contributed by atoms with van der Waals surface area (Å²) in [5.41, 5.74) is 4.47. The average Bonchev–Trinajstić information content (AvgIpc) is 2.71. The van der Waals surface area contributed by atoms with Crippen molar-refractivity contribution in [2.45, 2.75) is 33.1 Å². The van der Waals surface area contributed by atoms with E-state index in [0.717, 1.165) is 29.5 Å². The van der Waals surface area contributed by atoms with E-state index in [4.69, 9.17) is 0 Å². The number of halogens is 2. The molecule has 0 amide bonds. The van der Waals surface area contributed by atoms with Crippen molar-refractivity contribution in [3.63, 3.8) is 0 Å². The Labute approximate surface area is 159 Å². The van der Waals surface area contributed by atoms with Crippen LogP contribution in [-0.4, -0.2) is 0 Å². The fourth-order valence-electron chi connectivity index (χ4n) is 3.05. The second kappa shape index (κ2) is 8.64. The molecule has 3 aromatic carbocycles. The molecule has 0 unspecified atom stereocenters. The second-order valence-electron chi connectivity index (χ2n) is 6.46. The van der Waals surface area contributed by atoms with Gasteiger partial charge in [0.2, 0.25) is 0 Å². The quantitative estimate of drug-likeness (QED) is 0.439. The van der Waals surface area contributed by atoms with Crippen molar-refractivity contribution in [3.8, 4) is 34.1 Å². The number of aryl methyl sites for hydroxylation is 1. The van der Waals surface area contributed by atoms with Crippen molar-refractivity contribution >= 4 is 0 Å². The summed E-state index contributed by atoms with van der Waals surface area (Å²) in [5.74, 6) is 4.65. The maximum absolute atomic E-state index is 14.5. The summed E-state index contributed by atoms with van der Waals surface area (Å²) in [5, 5.41) is 0. The first kappa shape index (κ1) is 18.9. The molecule has 0 spiro atoms. The molecule has 3 aromatic rings. The van der Waals surface area contributed by atoms with Crippen molar-refractivity contribution in [2.75, 3.05) is 0 Å². The minimum absolute atomic E-state index is 0.295. The summed E-state index contributed by atoms with van der Waals surface area (Å²) in [6.07, 6.45) is 2.16. The molecular weight excluding hydrogens is 338 g/mol. The van der Waals surface area contributed by atoms with Gasteiger partial charge in [0.15, 0.2) is 11.6 Å². The van der Waals surface area contributed by atoms with E-state index in [-0.39, 0.29) is 0 Å². The van der Waals surface area contributed by atoms with E-state index in [1.807, 2.05) is 62.4 Å². The Bertz CT molecular complexity index is 972. The Kier molecular flexibility index (Phi) is 6.04. The number of rotatable bonds is 4. The number of hydrogen-bond acceptors (Lipinski definition) is 0. The highest BCUT2D eigenvalue weighted by atomic mass is 19.2. The molecule has 0 heterocycles. The average molecular weight is 360 g/mol. The van der Waals surface area contributed by atoms with Gasteiger partial charge in [-0.3, -0.25) is 0 Å². The van der Waals surface area contributed by atoms with E-state index in [0.29, 0.717) is 23.1 Å². The van der Waals surface area contributed by atoms with Crippen LogP contribution >= 0.6 is 0 Å². The zero-order valence-electron chi connectivity index (χ0n) is 15.7. The van der Waals surface area contributed by atoms with Crippen molar-refractivity contribution < 1.29 is 8.78 Å². The maximum atomic E-state index is 14.5. The van der Waals surface area contributed by atoms with Crippen LogP contribution < -0.4 is 0 Å². The van der Waals surface area contributed by atoms with Crippen molar-refractivity contribution in [2.24, 2.45) is 0 Å². The largest absolute Gasteiger partial charge is 0.203 e. The molecule has 0 N–H and O–H groups in total. The standard InChI is InChI=1S/C25H22F2/c1-3-5-7-18-8-10-19(11-9-18)20-12-14-21(15-13-20)23-17-16-22(6-4-2)24(26)25(23)27/h8-17H,3-4,6H2,1-2H3. The van der Waals surface area contributed by atoms with E-state index in [9.17, 15) is 8.78 Å². The lowest BCUT2D eigenvalue weighted by Gasteiger charge is -2.09. The minimum Gasteiger partial charge on any atom is -0.203 e. The Morgan fingerprint density at radius 3 is 1.89 bits per heavy atom. The molecule has 27 heavy (non-hydrogen) atoms. The number of benzene rings is 3. The first-order valence-electron chi connectivity index (χ1n) is 9.30. The zero-order chi connectivity index (χ0) is 19.2. The topological polar surface area (TPSA) is 0 Å². The smallest absolute Gasteiger partial charge is 0.166 e. The lowest BCUT2D eigenvalue weighted by atomic mass is 9.97. The van der Waals surface area contributed by atoms with Gasteiger partial charge in [0.25, 0.3) is 0 Å². The summed E-state index contributed by atoms with van der Waals surface area (Å²) in [4.78, 5) is 0. The molecule has 0 atom stereocenters. The summed E-state index contributed by atoms with van der Waals surface area (Å²) in [6.45, 7) is 3.97. The van der Waals surface area contributed by atoms with E-state index in [1.54, 1.807) is 12.1 Å². The van der Waals surface area contributed by atoms with Crippen LogP contribution in [0.5, 0.6) is 0 Å². The van der Waals surface area contributed by atoms with Crippen LogP contribution in [0.3, 0.4) is 0 Å². The van der Waals surface area contributed by atoms with Gasteiger partial charge < -0.3 is 0 Å². The first-order chi connectivity index (χ1) is 13.1. The predicted molar refractivity (Wildman–Crippen MR) is 108 cm³/mol.